The smallest absolute Gasteiger partial charge is 0.160 e. The van der Waals surface area contributed by atoms with Crippen molar-refractivity contribution in [2.24, 2.45) is 0 Å². The second-order valence-electron chi connectivity index (χ2n) is 3.71. The molecule has 0 fully saturated rings. The predicted octanol–water partition coefficient (Wildman–Crippen LogP) is 3.25. The average molecular weight is 199 g/mol. The SMILES string of the molecule is Cl[SiH](C1=CCCC1)C1=CCCC1. The molecule has 0 aromatic rings. The number of hydrogen-bond donors (Lipinski definition) is 0. The lowest BCUT2D eigenvalue weighted by atomic mass is 10.4. The molecular weight excluding hydrogens is 184 g/mol. The third-order valence-electron chi connectivity index (χ3n) is 2.80. The molecule has 2 rings (SSSR count). The molecule has 0 atom stereocenters. The Balaban J connectivity index is 2.03. The Morgan fingerprint density at radius 3 is 1.83 bits per heavy atom. The van der Waals surface area contributed by atoms with Gasteiger partial charge in [0.05, 0.1) is 0 Å². The Labute approximate surface area is 80.6 Å². The third kappa shape index (κ3) is 1.67. The largest absolute Gasteiger partial charge is 0.193 e. The molecule has 0 aromatic carbocycles. The van der Waals surface area contributed by atoms with Crippen molar-refractivity contribution >= 4 is 19.2 Å². The molecule has 0 amide bonds. The van der Waals surface area contributed by atoms with Gasteiger partial charge in [-0.25, -0.2) is 0 Å². The highest BCUT2D eigenvalue weighted by Crippen LogP contribution is 2.30. The minimum atomic E-state index is -1.11. The number of hydrogen-bond acceptors (Lipinski definition) is 0. The van der Waals surface area contributed by atoms with E-state index in [0.29, 0.717) is 0 Å². The second kappa shape index (κ2) is 3.80. The van der Waals surface area contributed by atoms with Gasteiger partial charge in [0, 0.05) is 0 Å². The summed E-state index contributed by atoms with van der Waals surface area (Å²) in [4.78, 5) is 0. The Bertz CT molecular complexity index is 206. The molecule has 12 heavy (non-hydrogen) atoms. The van der Waals surface area contributed by atoms with E-state index < -0.39 is 8.11 Å². The first kappa shape index (κ1) is 8.58. The maximum atomic E-state index is 6.50. The topological polar surface area (TPSA) is 0 Å². The molecule has 0 saturated heterocycles. The molecule has 0 nitrogen and oxygen atoms in total. The fourth-order valence-corrected chi connectivity index (χ4v) is 5.42. The summed E-state index contributed by atoms with van der Waals surface area (Å²) < 4.78 is 0. The van der Waals surface area contributed by atoms with Gasteiger partial charge < -0.3 is 0 Å². The van der Waals surface area contributed by atoms with Crippen LogP contribution >= 0.6 is 11.1 Å². The van der Waals surface area contributed by atoms with Crippen LogP contribution in [0.2, 0.25) is 0 Å². The Morgan fingerprint density at radius 1 is 1.00 bits per heavy atom. The predicted molar refractivity (Wildman–Crippen MR) is 56.9 cm³/mol. The molecule has 0 heterocycles. The van der Waals surface area contributed by atoms with Gasteiger partial charge in [-0.1, -0.05) is 22.5 Å². The normalized spacial score (nSPS) is 23.2. The van der Waals surface area contributed by atoms with E-state index in [1.165, 1.54) is 38.5 Å². The van der Waals surface area contributed by atoms with Gasteiger partial charge in [-0.15, -0.1) is 0 Å². The number of halogens is 1. The van der Waals surface area contributed by atoms with E-state index in [1.807, 2.05) is 0 Å². The highest BCUT2D eigenvalue weighted by atomic mass is 35.6. The molecule has 0 aromatic heterocycles. The van der Waals surface area contributed by atoms with Crippen molar-refractivity contribution in [2.75, 3.05) is 0 Å². The lowest BCUT2D eigenvalue weighted by Gasteiger charge is -2.09. The monoisotopic (exact) mass is 198 g/mol. The molecule has 2 heteroatoms. The molecule has 0 spiro atoms. The summed E-state index contributed by atoms with van der Waals surface area (Å²) in [7, 11) is -1.11. The van der Waals surface area contributed by atoms with Crippen molar-refractivity contribution < 1.29 is 0 Å². The molecule has 0 unspecified atom stereocenters. The van der Waals surface area contributed by atoms with E-state index in [0.717, 1.165) is 0 Å². The lowest BCUT2D eigenvalue weighted by Crippen LogP contribution is -2.10. The van der Waals surface area contributed by atoms with Crippen LogP contribution in [0.4, 0.5) is 0 Å². The highest BCUT2D eigenvalue weighted by Gasteiger charge is 2.21. The van der Waals surface area contributed by atoms with Crippen LogP contribution in [0, 0.1) is 0 Å². The number of allylic oxidation sites excluding steroid dienone is 4. The van der Waals surface area contributed by atoms with E-state index in [2.05, 4.69) is 12.2 Å². The summed E-state index contributed by atoms with van der Waals surface area (Å²) in [6.45, 7) is 0. The maximum absolute atomic E-state index is 6.50. The van der Waals surface area contributed by atoms with Crippen LogP contribution < -0.4 is 0 Å². The fraction of sp³-hybridized carbons (Fsp3) is 0.600. The first-order chi connectivity index (χ1) is 5.88. The van der Waals surface area contributed by atoms with E-state index in [-0.39, 0.29) is 0 Å². The van der Waals surface area contributed by atoms with E-state index in [4.69, 9.17) is 11.1 Å². The molecule has 2 aliphatic rings. The standard InChI is InChI=1S/C10H15ClSi/c11-12(9-5-1-2-6-9)10-7-3-4-8-10/h5,7,12H,1-4,6,8H2. The zero-order valence-corrected chi connectivity index (χ0v) is 9.26. The summed E-state index contributed by atoms with van der Waals surface area (Å²) in [5.41, 5.74) is 0. The molecule has 0 radical (unpaired) electrons. The van der Waals surface area contributed by atoms with Crippen molar-refractivity contribution in [1.29, 1.82) is 0 Å². The summed E-state index contributed by atoms with van der Waals surface area (Å²) in [5, 5.41) is 3.23. The maximum Gasteiger partial charge on any atom is 0.193 e. The van der Waals surface area contributed by atoms with Crippen molar-refractivity contribution in [1.82, 2.24) is 0 Å². The van der Waals surface area contributed by atoms with Crippen LogP contribution in [0.1, 0.15) is 38.5 Å². The molecule has 2 aliphatic carbocycles. The van der Waals surface area contributed by atoms with Gasteiger partial charge in [-0.2, -0.15) is 11.1 Å². The second-order valence-corrected chi connectivity index (χ2v) is 7.22. The molecule has 0 N–H and O–H groups in total. The summed E-state index contributed by atoms with van der Waals surface area (Å²) in [5.74, 6) is 0. The van der Waals surface area contributed by atoms with Gasteiger partial charge in [0.25, 0.3) is 0 Å². The summed E-state index contributed by atoms with van der Waals surface area (Å²) in [6.07, 6.45) is 12.6. The van der Waals surface area contributed by atoms with Crippen molar-refractivity contribution in [3.05, 3.63) is 22.5 Å². The van der Waals surface area contributed by atoms with Crippen LogP contribution in [0.15, 0.2) is 22.5 Å². The lowest BCUT2D eigenvalue weighted by molar-refractivity contribution is 0.916. The van der Waals surface area contributed by atoms with Crippen LogP contribution in [0.3, 0.4) is 0 Å². The first-order valence-electron chi connectivity index (χ1n) is 4.90. The highest BCUT2D eigenvalue weighted by molar-refractivity contribution is 7.15. The molecule has 0 saturated carbocycles. The molecule has 0 aliphatic heterocycles. The number of rotatable bonds is 2. The van der Waals surface area contributed by atoms with Gasteiger partial charge >= 0.3 is 0 Å². The fourth-order valence-electron chi connectivity index (χ4n) is 2.09. The first-order valence-corrected chi connectivity index (χ1v) is 7.80. The van der Waals surface area contributed by atoms with Gasteiger partial charge in [0.15, 0.2) is 8.11 Å². The van der Waals surface area contributed by atoms with E-state index in [1.54, 1.807) is 10.4 Å². The Hall–Kier alpha value is -0.0131. The zero-order chi connectivity index (χ0) is 8.39. The summed E-state index contributed by atoms with van der Waals surface area (Å²) in [6, 6.07) is 0. The molecule has 66 valence electrons. The summed E-state index contributed by atoms with van der Waals surface area (Å²) >= 11 is 6.50. The quantitative estimate of drug-likeness (QED) is 0.472. The van der Waals surface area contributed by atoms with E-state index >= 15 is 0 Å². The molecule has 0 bridgehead atoms. The van der Waals surface area contributed by atoms with Crippen LogP contribution in [0.5, 0.6) is 0 Å². The Morgan fingerprint density at radius 2 is 1.50 bits per heavy atom. The van der Waals surface area contributed by atoms with Gasteiger partial charge in [-0.05, 0) is 38.5 Å². The minimum Gasteiger partial charge on any atom is -0.160 e. The zero-order valence-electron chi connectivity index (χ0n) is 7.35. The van der Waals surface area contributed by atoms with E-state index in [9.17, 15) is 0 Å². The molecular formula is C10H15ClSi. The third-order valence-corrected chi connectivity index (χ3v) is 6.84. The van der Waals surface area contributed by atoms with Crippen LogP contribution in [-0.4, -0.2) is 8.11 Å². The van der Waals surface area contributed by atoms with Gasteiger partial charge in [0.2, 0.25) is 0 Å². The Kier molecular flexibility index (Phi) is 2.72. The van der Waals surface area contributed by atoms with Crippen LogP contribution in [0.25, 0.3) is 0 Å². The van der Waals surface area contributed by atoms with Crippen molar-refractivity contribution in [2.45, 2.75) is 38.5 Å². The van der Waals surface area contributed by atoms with Crippen LogP contribution in [-0.2, 0) is 0 Å². The minimum absolute atomic E-state index is 1.11. The van der Waals surface area contributed by atoms with Gasteiger partial charge in [-0.3, -0.25) is 0 Å². The van der Waals surface area contributed by atoms with Crippen molar-refractivity contribution in [3.8, 4) is 0 Å². The average Bonchev–Trinajstić information content (AvgIpc) is 2.77. The van der Waals surface area contributed by atoms with Crippen molar-refractivity contribution in [3.63, 3.8) is 0 Å². The van der Waals surface area contributed by atoms with Gasteiger partial charge in [0.1, 0.15) is 0 Å².